The lowest BCUT2D eigenvalue weighted by atomic mass is 10.2. The molecule has 0 spiro atoms. The summed E-state index contributed by atoms with van der Waals surface area (Å²) in [5, 5.41) is 3.44. The Balaban J connectivity index is 2.99. The van der Waals surface area contributed by atoms with Gasteiger partial charge in [0.15, 0.2) is 0 Å². The predicted molar refractivity (Wildman–Crippen MR) is 81.7 cm³/mol. The van der Waals surface area contributed by atoms with E-state index in [-0.39, 0.29) is 0 Å². The number of aromatic nitrogens is 2. The molecule has 0 bridgehead atoms. The lowest BCUT2D eigenvalue weighted by Gasteiger charge is -2.24. The van der Waals surface area contributed by atoms with Gasteiger partial charge in [-0.2, -0.15) is 0 Å². The lowest BCUT2D eigenvalue weighted by molar-refractivity contribution is 0.648. The molecule has 0 unspecified atom stereocenters. The average molecular weight is 264 g/mol. The second-order valence-corrected chi connectivity index (χ2v) is 5.06. The molecular formula is C15H28N4. The van der Waals surface area contributed by atoms with Crippen LogP contribution in [0.3, 0.4) is 0 Å². The van der Waals surface area contributed by atoms with Gasteiger partial charge in [0.2, 0.25) is 0 Å². The van der Waals surface area contributed by atoms with E-state index in [4.69, 9.17) is 4.98 Å². The van der Waals surface area contributed by atoms with Gasteiger partial charge in [-0.15, -0.1) is 0 Å². The van der Waals surface area contributed by atoms with Crippen molar-refractivity contribution in [2.24, 2.45) is 0 Å². The Morgan fingerprint density at radius 1 is 1.21 bits per heavy atom. The molecular weight excluding hydrogens is 236 g/mol. The van der Waals surface area contributed by atoms with Crippen LogP contribution >= 0.6 is 0 Å². The monoisotopic (exact) mass is 264 g/mol. The Morgan fingerprint density at radius 2 is 1.89 bits per heavy atom. The minimum absolute atomic E-state index is 0.371. The van der Waals surface area contributed by atoms with E-state index in [1.54, 1.807) is 0 Å². The number of nitrogens with one attached hydrogen (secondary N) is 1. The SMILES string of the molecule is CCCNCc1nc(C(C)C)ncc1N(CC)CC. The van der Waals surface area contributed by atoms with Crippen molar-refractivity contribution < 1.29 is 0 Å². The molecule has 4 nitrogen and oxygen atoms in total. The van der Waals surface area contributed by atoms with Crippen molar-refractivity contribution in [2.75, 3.05) is 24.5 Å². The highest BCUT2D eigenvalue weighted by Crippen LogP contribution is 2.20. The molecule has 0 fully saturated rings. The van der Waals surface area contributed by atoms with E-state index in [0.29, 0.717) is 5.92 Å². The molecule has 0 aliphatic rings. The standard InChI is InChI=1S/C15H28N4/c1-6-9-16-10-13-14(19(7-2)8-3)11-17-15(18-13)12(4)5/h11-12,16H,6-10H2,1-5H3. The minimum atomic E-state index is 0.371. The van der Waals surface area contributed by atoms with Gasteiger partial charge in [0.1, 0.15) is 5.82 Å². The van der Waals surface area contributed by atoms with E-state index >= 15 is 0 Å². The smallest absolute Gasteiger partial charge is 0.131 e. The fourth-order valence-corrected chi connectivity index (χ4v) is 2.05. The van der Waals surface area contributed by atoms with Crippen LogP contribution in [0.1, 0.15) is 58.5 Å². The fraction of sp³-hybridized carbons (Fsp3) is 0.733. The number of anilines is 1. The van der Waals surface area contributed by atoms with Gasteiger partial charge >= 0.3 is 0 Å². The molecule has 108 valence electrons. The summed E-state index contributed by atoms with van der Waals surface area (Å²) in [4.78, 5) is 11.6. The van der Waals surface area contributed by atoms with Gasteiger partial charge < -0.3 is 10.2 Å². The van der Waals surface area contributed by atoms with Crippen molar-refractivity contribution in [3.63, 3.8) is 0 Å². The maximum absolute atomic E-state index is 4.75. The van der Waals surface area contributed by atoms with Crippen molar-refractivity contribution in [2.45, 2.75) is 53.5 Å². The zero-order valence-corrected chi connectivity index (χ0v) is 13.0. The van der Waals surface area contributed by atoms with Crippen LogP contribution in [0.25, 0.3) is 0 Å². The molecule has 4 heteroatoms. The van der Waals surface area contributed by atoms with E-state index < -0.39 is 0 Å². The maximum atomic E-state index is 4.75. The summed E-state index contributed by atoms with van der Waals surface area (Å²) < 4.78 is 0. The van der Waals surface area contributed by atoms with E-state index in [2.05, 4.69) is 49.8 Å². The number of nitrogens with zero attached hydrogens (tertiary/aromatic N) is 3. The Hall–Kier alpha value is -1.16. The van der Waals surface area contributed by atoms with Gasteiger partial charge in [0, 0.05) is 25.6 Å². The van der Waals surface area contributed by atoms with Crippen LogP contribution in [-0.2, 0) is 6.54 Å². The van der Waals surface area contributed by atoms with Crippen LogP contribution in [0.4, 0.5) is 5.69 Å². The number of rotatable bonds is 8. The topological polar surface area (TPSA) is 41.1 Å². The van der Waals surface area contributed by atoms with E-state index in [9.17, 15) is 0 Å². The van der Waals surface area contributed by atoms with Crippen molar-refractivity contribution in [3.05, 3.63) is 17.7 Å². The van der Waals surface area contributed by atoms with Crippen molar-refractivity contribution in [3.8, 4) is 0 Å². The third-order valence-electron chi connectivity index (χ3n) is 3.20. The Morgan fingerprint density at radius 3 is 2.42 bits per heavy atom. The summed E-state index contributed by atoms with van der Waals surface area (Å²) >= 11 is 0. The molecule has 1 aromatic heterocycles. The summed E-state index contributed by atoms with van der Waals surface area (Å²) in [6, 6.07) is 0. The molecule has 0 saturated heterocycles. The molecule has 1 heterocycles. The van der Waals surface area contributed by atoms with Gasteiger partial charge in [0.25, 0.3) is 0 Å². The summed E-state index contributed by atoms with van der Waals surface area (Å²) in [5.41, 5.74) is 2.29. The summed E-state index contributed by atoms with van der Waals surface area (Å²) in [6.07, 6.45) is 3.13. The average Bonchev–Trinajstić information content (AvgIpc) is 2.41. The van der Waals surface area contributed by atoms with Gasteiger partial charge in [-0.3, -0.25) is 0 Å². The molecule has 0 amide bonds. The summed E-state index contributed by atoms with van der Waals surface area (Å²) in [7, 11) is 0. The summed E-state index contributed by atoms with van der Waals surface area (Å²) in [5.74, 6) is 1.31. The predicted octanol–water partition coefficient (Wildman–Crippen LogP) is 2.95. The molecule has 0 saturated carbocycles. The van der Waals surface area contributed by atoms with Crippen molar-refractivity contribution >= 4 is 5.69 Å². The Kier molecular flexibility index (Phi) is 6.78. The highest BCUT2D eigenvalue weighted by Gasteiger charge is 2.13. The highest BCUT2D eigenvalue weighted by molar-refractivity contribution is 5.49. The zero-order chi connectivity index (χ0) is 14.3. The zero-order valence-electron chi connectivity index (χ0n) is 13.0. The number of hydrogen-bond donors (Lipinski definition) is 1. The fourth-order valence-electron chi connectivity index (χ4n) is 2.05. The van der Waals surface area contributed by atoms with Crippen LogP contribution in [0.15, 0.2) is 6.20 Å². The first kappa shape index (κ1) is 15.9. The maximum Gasteiger partial charge on any atom is 0.131 e. The molecule has 1 N–H and O–H groups in total. The van der Waals surface area contributed by atoms with Gasteiger partial charge in [0.05, 0.1) is 17.6 Å². The minimum Gasteiger partial charge on any atom is -0.369 e. The van der Waals surface area contributed by atoms with Crippen LogP contribution in [-0.4, -0.2) is 29.6 Å². The number of hydrogen-bond acceptors (Lipinski definition) is 4. The molecule has 0 radical (unpaired) electrons. The van der Waals surface area contributed by atoms with E-state index in [1.165, 1.54) is 0 Å². The first-order chi connectivity index (χ1) is 9.13. The third kappa shape index (κ3) is 4.46. The molecule has 0 aromatic carbocycles. The molecule has 19 heavy (non-hydrogen) atoms. The molecule has 1 aromatic rings. The first-order valence-corrected chi connectivity index (χ1v) is 7.45. The highest BCUT2D eigenvalue weighted by atomic mass is 15.1. The van der Waals surface area contributed by atoms with Crippen molar-refractivity contribution in [1.82, 2.24) is 15.3 Å². The van der Waals surface area contributed by atoms with Gasteiger partial charge in [-0.25, -0.2) is 9.97 Å². The second-order valence-electron chi connectivity index (χ2n) is 5.06. The quantitative estimate of drug-likeness (QED) is 0.733. The van der Waals surface area contributed by atoms with Crippen LogP contribution in [0.5, 0.6) is 0 Å². The first-order valence-electron chi connectivity index (χ1n) is 7.45. The molecule has 1 rings (SSSR count). The van der Waals surface area contributed by atoms with E-state index in [1.807, 2.05) is 6.20 Å². The van der Waals surface area contributed by atoms with E-state index in [0.717, 1.165) is 49.8 Å². The van der Waals surface area contributed by atoms with Gasteiger partial charge in [-0.05, 0) is 26.8 Å². The Bertz CT molecular complexity index is 372. The normalized spacial score (nSPS) is 11.1. The van der Waals surface area contributed by atoms with Gasteiger partial charge in [-0.1, -0.05) is 20.8 Å². The molecule has 0 aliphatic carbocycles. The van der Waals surface area contributed by atoms with Crippen molar-refractivity contribution in [1.29, 1.82) is 0 Å². The molecule has 0 atom stereocenters. The third-order valence-corrected chi connectivity index (χ3v) is 3.20. The summed E-state index contributed by atoms with van der Waals surface area (Å²) in [6.45, 7) is 14.6. The van der Waals surface area contributed by atoms with Crippen LogP contribution in [0, 0.1) is 0 Å². The second kappa shape index (κ2) is 8.10. The lowest BCUT2D eigenvalue weighted by Crippen LogP contribution is -2.26. The largest absolute Gasteiger partial charge is 0.369 e. The van der Waals surface area contributed by atoms with Crippen LogP contribution < -0.4 is 10.2 Å². The Labute approximate surface area is 117 Å². The van der Waals surface area contributed by atoms with Crippen LogP contribution in [0.2, 0.25) is 0 Å². The molecule has 0 aliphatic heterocycles.